The maximum atomic E-state index is 13.9. The Balaban J connectivity index is 1.96. The first-order valence-corrected chi connectivity index (χ1v) is 10.5. The Morgan fingerprint density at radius 2 is 1.80 bits per heavy atom. The van der Waals surface area contributed by atoms with Crippen molar-refractivity contribution in [2.75, 3.05) is 22.4 Å². The summed E-state index contributed by atoms with van der Waals surface area (Å²) < 4.78 is 39.8. The minimum atomic E-state index is -3.64. The predicted octanol–water partition coefficient (Wildman–Crippen LogP) is 3.62. The van der Waals surface area contributed by atoms with Crippen LogP contribution in [0.1, 0.15) is 12.8 Å². The summed E-state index contributed by atoms with van der Waals surface area (Å²) in [6, 6.07) is 13.0. The van der Waals surface area contributed by atoms with E-state index < -0.39 is 15.8 Å². The van der Waals surface area contributed by atoms with Crippen LogP contribution < -0.4 is 9.62 Å². The molecule has 5 nitrogen and oxygen atoms in total. The molecule has 0 heterocycles. The van der Waals surface area contributed by atoms with E-state index in [1.165, 1.54) is 18.2 Å². The van der Waals surface area contributed by atoms with Crippen molar-refractivity contribution in [3.63, 3.8) is 0 Å². The van der Waals surface area contributed by atoms with Gasteiger partial charge in [0.05, 0.1) is 11.9 Å². The Morgan fingerprint density at radius 1 is 1.16 bits per heavy atom. The molecule has 0 bridgehead atoms. The van der Waals surface area contributed by atoms with Gasteiger partial charge in [-0.05, 0) is 65.4 Å². The highest BCUT2D eigenvalue weighted by atomic mass is 127. The number of carbonyl (C=O) groups is 1. The van der Waals surface area contributed by atoms with E-state index in [2.05, 4.69) is 27.9 Å². The number of para-hydroxylation sites is 1. The zero-order chi connectivity index (χ0) is 18.4. The molecule has 2 aromatic carbocycles. The molecule has 0 saturated heterocycles. The minimum absolute atomic E-state index is 0.0111. The van der Waals surface area contributed by atoms with Crippen LogP contribution in [-0.4, -0.2) is 27.1 Å². The smallest absolute Gasteiger partial charge is 0.232 e. The fourth-order valence-corrected chi connectivity index (χ4v) is 3.58. The molecule has 1 amide bonds. The van der Waals surface area contributed by atoms with Crippen LogP contribution in [0.4, 0.5) is 15.8 Å². The topological polar surface area (TPSA) is 66.5 Å². The summed E-state index contributed by atoms with van der Waals surface area (Å²) in [5.41, 5.74) is 0.669. The highest BCUT2D eigenvalue weighted by molar-refractivity contribution is 14.1. The van der Waals surface area contributed by atoms with Crippen LogP contribution in [0.25, 0.3) is 0 Å². The number of sulfonamides is 1. The molecular weight excluding hydrogens is 458 g/mol. The highest BCUT2D eigenvalue weighted by Crippen LogP contribution is 2.22. The van der Waals surface area contributed by atoms with E-state index in [0.717, 1.165) is 14.1 Å². The zero-order valence-corrected chi connectivity index (χ0v) is 16.6. The van der Waals surface area contributed by atoms with Gasteiger partial charge in [-0.1, -0.05) is 12.1 Å². The average molecular weight is 476 g/mol. The largest absolute Gasteiger partial charge is 0.326 e. The van der Waals surface area contributed by atoms with E-state index in [1.54, 1.807) is 18.2 Å². The minimum Gasteiger partial charge on any atom is -0.326 e. The van der Waals surface area contributed by atoms with E-state index in [-0.39, 0.29) is 31.0 Å². The van der Waals surface area contributed by atoms with Gasteiger partial charge < -0.3 is 5.32 Å². The SMILES string of the molecule is CS(=O)(=O)N(CCCC(=O)Nc1ccc(I)cc1)c1ccccc1F. The van der Waals surface area contributed by atoms with Crippen molar-refractivity contribution in [1.82, 2.24) is 0 Å². The molecule has 0 fully saturated rings. The van der Waals surface area contributed by atoms with Gasteiger partial charge in [0, 0.05) is 22.2 Å². The number of nitrogens with zero attached hydrogens (tertiary/aromatic N) is 1. The van der Waals surface area contributed by atoms with Gasteiger partial charge in [-0.2, -0.15) is 0 Å². The molecule has 0 radical (unpaired) electrons. The summed E-state index contributed by atoms with van der Waals surface area (Å²) in [5.74, 6) is -0.834. The lowest BCUT2D eigenvalue weighted by molar-refractivity contribution is -0.116. The number of hydrogen-bond acceptors (Lipinski definition) is 3. The molecule has 1 N–H and O–H groups in total. The predicted molar refractivity (Wildman–Crippen MR) is 106 cm³/mol. The average Bonchev–Trinajstić information content (AvgIpc) is 2.54. The summed E-state index contributed by atoms with van der Waals surface area (Å²) in [6.45, 7) is 0.0277. The lowest BCUT2D eigenvalue weighted by Gasteiger charge is -2.22. The Labute approximate surface area is 160 Å². The van der Waals surface area contributed by atoms with Crippen molar-refractivity contribution in [3.8, 4) is 0 Å². The monoisotopic (exact) mass is 476 g/mol. The molecule has 134 valence electrons. The standard InChI is InChI=1S/C17H18FIN2O3S/c1-25(23,24)21(16-6-3-2-5-15(16)18)12-4-7-17(22)20-14-10-8-13(19)9-11-14/h2-3,5-6,8-11H,4,7,12H2,1H3,(H,20,22). The molecule has 2 aromatic rings. The van der Waals surface area contributed by atoms with Gasteiger partial charge in [0.2, 0.25) is 15.9 Å². The lowest BCUT2D eigenvalue weighted by atomic mass is 10.2. The van der Waals surface area contributed by atoms with E-state index in [1.807, 2.05) is 12.1 Å². The quantitative estimate of drug-likeness (QED) is 0.622. The second-order valence-electron chi connectivity index (χ2n) is 5.45. The van der Waals surface area contributed by atoms with Crippen molar-refractivity contribution < 1.29 is 17.6 Å². The summed E-state index contributed by atoms with van der Waals surface area (Å²) in [5, 5.41) is 2.75. The fourth-order valence-electron chi connectivity index (χ4n) is 2.26. The van der Waals surface area contributed by atoms with Crippen molar-refractivity contribution in [2.45, 2.75) is 12.8 Å². The third-order valence-electron chi connectivity index (χ3n) is 3.41. The third kappa shape index (κ3) is 5.96. The van der Waals surface area contributed by atoms with Crippen LogP contribution in [0, 0.1) is 9.39 Å². The first-order chi connectivity index (χ1) is 11.8. The first-order valence-electron chi connectivity index (χ1n) is 7.55. The van der Waals surface area contributed by atoms with Gasteiger partial charge in [0.15, 0.2) is 0 Å². The van der Waals surface area contributed by atoms with Gasteiger partial charge in [-0.3, -0.25) is 9.10 Å². The van der Waals surface area contributed by atoms with E-state index in [4.69, 9.17) is 0 Å². The molecular formula is C17H18FIN2O3S. The van der Waals surface area contributed by atoms with Crippen LogP contribution in [-0.2, 0) is 14.8 Å². The van der Waals surface area contributed by atoms with E-state index >= 15 is 0 Å². The second kappa shape index (κ2) is 8.61. The molecule has 0 aliphatic heterocycles. The van der Waals surface area contributed by atoms with Crippen molar-refractivity contribution in [3.05, 3.63) is 57.9 Å². The number of hydrogen-bond donors (Lipinski definition) is 1. The Morgan fingerprint density at radius 3 is 2.40 bits per heavy atom. The van der Waals surface area contributed by atoms with Gasteiger partial charge in [0.1, 0.15) is 5.82 Å². The van der Waals surface area contributed by atoms with Crippen molar-refractivity contribution in [1.29, 1.82) is 0 Å². The van der Waals surface area contributed by atoms with Crippen LogP contribution in [0.2, 0.25) is 0 Å². The molecule has 0 aromatic heterocycles. The highest BCUT2D eigenvalue weighted by Gasteiger charge is 2.20. The molecule has 0 spiro atoms. The maximum absolute atomic E-state index is 13.9. The molecule has 8 heteroatoms. The molecule has 25 heavy (non-hydrogen) atoms. The molecule has 0 atom stereocenters. The molecule has 0 unspecified atom stereocenters. The van der Waals surface area contributed by atoms with Gasteiger partial charge in [-0.25, -0.2) is 12.8 Å². The first kappa shape index (κ1) is 19.6. The van der Waals surface area contributed by atoms with Crippen LogP contribution >= 0.6 is 22.6 Å². The normalized spacial score (nSPS) is 11.2. The number of halogens is 2. The number of rotatable bonds is 7. The van der Waals surface area contributed by atoms with Crippen molar-refractivity contribution >= 4 is 49.9 Å². The van der Waals surface area contributed by atoms with Gasteiger partial charge in [-0.15, -0.1) is 0 Å². The summed E-state index contributed by atoms with van der Waals surface area (Å²) in [6.07, 6.45) is 1.43. The van der Waals surface area contributed by atoms with E-state index in [0.29, 0.717) is 5.69 Å². The maximum Gasteiger partial charge on any atom is 0.232 e. The number of amides is 1. The summed E-state index contributed by atoms with van der Waals surface area (Å²) >= 11 is 2.17. The zero-order valence-electron chi connectivity index (χ0n) is 13.6. The Hall–Kier alpha value is -1.68. The number of benzene rings is 2. The summed E-state index contributed by atoms with van der Waals surface area (Å²) in [7, 11) is -3.64. The molecule has 0 saturated carbocycles. The van der Waals surface area contributed by atoms with Crippen LogP contribution in [0.15, 0.2) is 48.5 Å². The van der Waals surface area contributed by atoms with Gasteiger partial charge in [0.25, 0.3) is 0 Å². The molecule has 0 aliphatic carbocycles. The van der Waals surface area contributed by atoms with Crippen LogP contribution in [0.5, 0.6) is 0 Å². The van der Waals surface area contributed by atoms with E-state index in [9.17, 15) is 17.6 Å². The fraction of sp³-hybridized carbons (Fsp3) is 0.235. The molecule has 0 aliphatic rings. The van der Waals surface area contributed by atoms with Crippen molar-refractivity contribution in [2.24, 2.45) is 0 Å². The van der Waals surface area contributed by atoms with Crippen LogP contribution in [0.3, 0.4) is 0 Å². The summed E-state index contributed by atoms with van der Waals surface area (Å²) in [4.78, 5) is 12.0. The van der Waals surface area contributed by atoms with Gasteiger partial charge >= 0.3 is 0 Å². The molecule has 2 rings (SSSR count). The second-order valence-corrected chi connectivity index (χ2v) is 8.60. The number of nitrogens with one attached hydrogen (secondary N) is 1. The number of anilines is 2. The lowest BCUT2D eigenvalue weighted by Crippen LogP contribution is -2.32. The Kier molecular flexibility index (Phi) is 6.77. The third-order valence-corrected chi connectivity index (χ3v) is 5.31. The number of carbonyl (C=O) groups excluding carboxylic acids is 1. The Bertz CT molecular complexity index is 841.